The first kappa shape index (κ1) is 13.8. The second-order valence-electron chi connectivity index (χ2n) is 4.11. The summed E-state index contributed by atoms with van der Waals surface area (Å²) in [5, 5.41) is 0. The average molecular weight is 279 g/mol. The molecule has 8 nitrogen and oxygen atoms in total. The van der Waals surface area contributed by atoms with Crippen molar-refractivity contribution in [3.63, 3.8) is 0 Å². The lowest BCUT2D eigenvalue weighted by molar-refractivity contribution is 0.0422. The maximum Gasteiger partial charge on any atom is 0.451 e. The molecule has 9 heteroatoms. The zero-order valence-corrected chi connectivity index (χ0v) is 11.0. The standard InChI is InChI=1S/C9H18N3O5P/c13-18(14,15)10-9(11-1-5-16-6-2-11)12-3-7-17-8-4-12/h1-8H2,(H2,13,14,15). The molecule has 0 saturated carbocycles. The number of guanidine groups is 1. The Balaban J connectivity index is 2.15. The molecule has 104 valence electrons. The van der Waals surface area contributed by atoms with Crippen molar-refractivity contribution in [1.82, 2.24) is 9.80 Å². The molecule has 0 aromatic carbocycles. The quantitative estimate of drug-likeness (QED) is 0.365. The molecule has 2 rings (SSSR count). The van der Waals surface area contributed by atoms with E-state index in [1.54, 1.807) is 0 Å². The molecule has 2 saturated heterocycles. The number of hydrogen-bond donors (Lipinski definition) is 2. The van der Waals surface area contributed by atoms with Gasteiger partial charge in [-0.3, -0.25) is 0 Å². The van der Waals surface area contributed by atoms with Crippen molar-refractivity contribution < 1.29 is 23.8 Å². The van der Waals surface area contributed by atoms with E-state index in [1.165, 1.54) is 0 Å². The van der Waals surface area contributed by atoms with Gasteiger partial charge in [-0.2, -0.15) is 0 Å². The number of rotatable bonds is 1. The molecule has 18 heavy (non-hydrogen) atoms. The van der Waals surface area contributed by atoms with Gasteiger partial charge in [0.2, 0.25) is 5.96 Å². The molecule has 0 spiro atoms. The lowest BCUT2D eigenvalue weighted by Gasteiger charge is -2.37. The van der Waals surface area contributed by atoms with Gasteiger partial charge in [0.05, 0.1) is 26.4 Å². The summed E-state index contributed by atoms with van der Waals surface area (Å²) in [5.74, 6) is 0.356. The first-order valence-electron chi connectivity index (χ1n) is 5.87. The normalized spacial score (nSPS) is 21.9. The zero-order valence-electron chi connectivity index (χ0n) is 10.1. The summed E-state index contributed by atoms with van der Waals surface area (Å²) >= 11 is 0. The number of ether oxygens (including phenoxy) is 2. The van der Waals surface area contributed by atoms with Crippen molar-refractivity contribution in [3.8, 4) is 0 Å². The van der Waals surface area contributed by atoms with Gasteiger partial charge in [0.1, 0.15) is 0 Å². The Morgan fingerprint density at radius 1 is 0.944 bits per heavy atom. The molecule has 2 aliphatic heterocycles. The van der Waals surface area contributed by atoms with E-state index in [2.05, 4.69) is 4.76 Å². The van der Waals surface area contributed by atoms with Crippen LogP contribution in [0, 0.1) is 0 Å². The molecule has 2 heterocycles. The summed E-state index contributed by atoms with van der Waals surface area (Å²) in [5.41, 5.74) is 0. The highest BCUT2D eigenvalue weighted by molar-refractivity contribution is 7.50. The van der Waals surface area contributed by atoms with Crippen LogP contribution in [0.1, 0.15) is 0 Å². The van der Waals surface area contributed by atoms with Crippen molar-refractivity contribution >= 4 is 13.7 Å². The van der Waals surface area contributed by atoms with Crippen LogP contribution in [-0.4, -0.2) is 78.2 Å². The van der Waals surface area contributed by atoms with Gasteiger partial charge in [-0.25, -0.2) is 4.57 Å². The van der Waals surface area contributed by atoms with Crippen LogP contribution < -0.4 is 0 Å². The highest BCUT2D eigenvalue weighted by atomic mass is 31.2. The molecule has 0 aromatic rings. The first-order valence-corrected chi connectivity index (χ1v) is 7.44. The van der Waals surface area contributed by atoms with Crippen LogP contribution in [0.3, 0.4) is 0 Å². The van der Waals surface area contributed by atoms with Crippen LogP contribution in [0.4, 0.5) is 0 Å². The van der Waals surface area contributed by atoms with Gasteiger partial charge in [0, 0.05) is 26.2 Å². The van der Waals surface area contributed by atoms with Crippen LogP contribution >= 0.6 is 7.75 Å². The van der Waals surface area contributed by atoms with Gasteiger partial charge >= 0.3 is 7.75 Å². The van der Waals surface area contributed by atoms with E-state index >= 15 is 0 Å². The molecule has 0 aromatic heterocycles. The minimum Gasteiger partial charge on any atom is -0.378 e. The van der Waals surface area contributed by atoms with Crippen LogP contribution in [0.15, 0.2) is 4.76 Å². The summed E-state index contributed by atoms with van der Waals surface area (Å²) in [7, 11) is -4.43. The van der Waals surface area contributed by atoms with Crippen molar-refractivity contribution in [3.05, 3.63) is 0 Å². The summed E-state index contributed by atoms with van der Waals surface area (Å²) < 4.78 is 25.2. The number of nitrogens with zero attached hydrogens (tertiary/aromatic N) is 3. The van der Waals surface area contributed by atoms with Gasteiger partial charge in [0.25, 0.3) is 0 Å². The van der Waals surface area contributed by atoms with Crippen LogP contribution in [0.5, 0.6) is 0 Å². The van der Waals surface area contributed by atoms with E-state index in [9.17, 15) is 4.57 Å². The molecular weight excluding hydrogens is 261 g/mol. The highest BCUT2D eigenvalue weighted by Gasteiger charge is 2.26. The third-order valence-electron chi connectivity index (χ3n) is 2.81. The fourth-order valence-electron chi connectivity index (χ4n) is 1.97. The van der Waals surface area contributed by atoms with Crippen LogP contribution in [-0.2, 0) is 14.0 Å². The molecule has 0 aliphatic carbocycles. The summed E-state index contributed by atoms with van der Waals surface area (Å²) in [6.07, 6.45) is 0. The van der Waals surface area contributed by atoms with E-state index in [-0.39, 0.29) is 0 Å². The van der Waals surface area contributed by atoms with Crippen LogP contribution in [0.2, 0.25) is 0 Å². The second-order valence-corrected chi connectivity index (χ2v) is 5.34. The van der Waals surface area contributed by atoms with Crippen molar-refractivity contribution in [2.75, 3.05) is 52.6 Å². The molecule has 0 atom stereocenters. The van der Waals surface area contributed by atoms with Crippen molar-refractivity contribution in [1.29, 1.82) is 0 Å². The molecule has 0 unspecified atom stereocenters. The average Bonchev–Trinajstić information content (AvgIpc) is 2.37. The van der Waals surface area contributed by atoms with Gasteiger partial charge in [-0.15, -0.1) is 4.76 Å². The zero-order chi connectivity index (χ0) is 13.0. The molecule has 2 aliphatic rings. The largest absolute Gasteiger partial charge is 0.451 e. The summed E-state index contributed by atoms with van der Waals surface area (Å²) in [6.45, 7) is 4.56. The summed E-state index contributed by atoms with van der Waals surface area (Å²) in [6, 6.07) is 0. The van der Waals surface area contributed by atoms with E-state index in [0.29, 0.717) is 58.6 Å². The van der Waals surface area contributed by atoms with E-state index in [0.717, 1.165) is 0 Å². The highest BCUT2D eigenvalue weighted by Crippen LogP contribution is 2.37. The predicted molar refractivity (Wildman–Crippen MR) is 64.3 cm³/mol. The molecule has 0 radical (unpaired) electrons. The molecule has 2 fully saturated rings. The predicted octanol–water partition coefficient (Wildman–Crippen LogP) is -0.900. The Labute approximate surface area is 105 Å². The van der Waals surface area contributed by atoms with Crippen LogP contribution in [0.25, 0.3) is 0 Å². The third kappa shape index (κ3) is 3.93. The maximum atomic E-state index is 11.1. The number of hydrogen-bond acceptors (Lipinski definition) is 3. The smallest absolute Gasteiger partial charge is 0.378 e. The third-order valence-corrected chi connectivity index (χ3v) is 3.25. The topological polar surface area (TPSA) is 94.8 Å². The van der Waals surface area contributed by atoms with E-state index in [1.807, 2.05) is 9.80 Å². The maximum absolute atomic E-state index is 11.1. The second kappa shape index (κ2) is 5.99. The SMILES string of the molecule is O=P(O)(O)N=C(N1CCOCC1)N1CCOCC1. The lowest BCUT2D eigenvalue weighted by Crippen LogP contribution is -2.52. The Morgan fingerprint density at radius 2 is 1.33 bits per heavy atom. The molecular formula is C9H18N3O5P. The van der Waals surface area contributed by atoms with E-state index in [4.69, 9.17) is 19.3 Å². The molecule has 0 bridgehead atoms. The van der Waals surface area contributed by atoms with Gasteiger partial charge in [0.15, 0.2) is 0 Å². The summed E-state index contributed by atoms with van der Waals surface area (Å²) in [4.78, 5) is 21.8. The van der Waals surface area contributed by atoms with Gasteiger partial charge in [-0.1, -0.05) is 0 Å². The van der Waals surface area contributed by atoms with Crippen molar-refractivity contribution in [2.45, 2.75) is 0 Å². The van der Waals surface area contributed by atoms with Gasteiger partial charge in [-0.05, 0) is 0 Å². The molecule has 2 N–H and O–H groups in total. The Hall–Kier alpha value is -0.660. The van der Waals surface area contributed by atoms with Crippen molar-refractivity contribution in [2.24, 2.45) is 4.76 Å². The number of morpholine rings is 2. The molecule has 0 amide bonds. The Bertz CT molecular complexity index is 326. The monoisotopic (exact) mass is 279 g/mol. The minimum atomic E-state index is -4.43. The fraction of sp³-hybridized carbons (Fsp3) is 0.889. The lowest BCUT2D eigenvalue weighted by atomic mass is 10.4. The Morgan fingerprint density at radius 3 is 1.67 bits per heavy atom. The van der Waals surface area contributed by atoms with Gasteiger partial charge < -0.3 is 29.1 Å². The first-order chi connectivity index (χ1) is 8.56. The minimum absolute atomic E-state index is 0.356. The van der Waals surface area contributed by atoms with E-state index < -0.39 is 7.75 Å². The Kier molecular flexibility index (Phi) is 4.58. The fourth-order valence-corrected chi connectivity index (χ4v) is 2.46.